The van der Waals surface area contributed by atoms with E-state index in [0.717, 1.165) is 31.4 Å². The lowest BCUT2D eigenvalue weighted by molar-refractivity contribution is -0.138. The number of nitrogens with zero attached hydrogens (tertiary/aromatic N) is 3. The third-order valence-electron chi connectivity index (χ3n) is 3.63. The van der Waals surface area contributed by atoms with E-state index in [9.17, 15) is 13.2 Å². The van der Waals surface area contributed by atoms with Crippen LogP contribution in [-0.4, -0.2) is 28.0 Å². The molecule has 2 aromatic rings. The van der Waals surface area contributed by atoms with Gasteiger partial charge in [-0.05, 0) is 38.6 Å². The largest absolute Gasteiger partial charge is 0.416 e. The van der Waals surface area contributed by atoms with Crippen molar-refractivity contribution in [1.29, 1.82) is 0 Å². The fourth-order valence-corrected chi connectivity index (χ4v) is 2.46. The Labute approximate surface area is 128 Å². The minimum absolute atomic E-state index is 0.290. The van der Waals surface area contributed by atoms with Crippen LogP contribution in [0.2, 0.25) is 0 Å². The van der Waals surface area contributed by atoms with Crippen molar-refractivity contribution in [1.82, 2.24) is 14.5 Å². The molecule has 0 aliphatic rings. The fraction of sp³-hybridized carbons (Fsp3) is 0.438. The van der Waals surface area contributed by atoms with Crippen molar-refractivity contribution < 1.29 is 13.2 Å². The van der Waals surface area contributed by atoms with E-state index in [1.165, 1.54) is 6.07 Å². The zero-order valence-electron chi connectivity index (χ0n) is 12.8. The van der Waals surface area contributed by atoms with E-state index in [0.29, 0.717) is 12.1 Å². The average Bonchev–Trinajstić information content (AvgIpc) is 2.84. The molecule has 0 saturated carbocycles. The zero-order chi connectivity index (χ0) is 16.2. The Balaban J connectivity index is 1.90. The maximum absolute atomic E-state index is 13.0. The number of aryl methyl sites for hydroxylation is 2. The molecule has 0 amide bonds. The lowest BCUT2D eigenvalue weighted by atomic mass is 10.1. The van der Waals surface area contributed by atoms with Crippen LogP contribution in [-0.2, 0) is 19.3 Å². The van der Waals surface area contributed by atoms with Crippen molar-refractivity contribution in [2.24, 2.45) is 0 Å². The first-order valence-corrected chi connectivity index (χ1v) is 7.19. The predicted molar refractivity (Wildman–Crippen MR) is 79.4 cm³/mol. The summed E-state index contributed by atoms with van der Waals surface area (Å²) >= 11 is 0. The van der Waals surface area contributed by atoms with Gasteiger partial charge in [0, 0.05) is 25.5 Å². The van der Waals surface area contributed by atoms with Gasteiger partial charge >= 0.3 is 6.18 Å². The first kappa shape index (κ1) is 16.5. The monoisotopic (exact) mass is 311 g/mol. The maximum Gasteiger partial charge on any atom is 0.416 e. The van der Waals surface area contributed by atoms with E-state index in [1.54, 1.807) is 18.3 Å². The van der Waals surface area contributed by atoms with Gasteiger partial charge < -0.3 is 9.47 Å². The maximum atomic E-state index is 13.0. The molecule has 3 nitrogen and oxygen atoms in total. The highest BCUT2D eigenvalue weighted by Crippen LogP contribution is 2.32. The standard InChI is InChI=1S/C16H20F3N3/c1-13-20-8-11-22(13)10-5-9-21(2)12-14-6-3-4-7-15(14)16(17,18)19/h3-4,6-8,11H,5,9-10,12H2,1-2H3. The molecule has 1 aromatic heterocycles. The first-order chi connectivity index (χ1) is 10.4. The molecule has 6 heteroatoms. The summed E-state index contributed by atoms with van der Waals surface area (Å²) in [5, 5.41) is 0. The quantitative estimate of drug-likeness (QED) is 0.810. The van der Waals surface area contributed by atoms with Crippen molar-refractivity contribution >= 4 is 0 Å². The molecule has 22 heavy (non-hydrogen) atoms. The molecule has 0 unspecified atom stereocenters. The van der Waals surface area contributed by atoms with Crippen molar-refractivity contribution in [3.05, 3.63) is 53.6 Å². The van der Waals surface area contributed by atoms with Crippen LogP contribution in [0.15, 0.2) is 36.7 Å². The van der Waals surface area contributed by atoms with Crippen LogP contribution < -0.4 is 0 Å². The Bertz CT molecular complexity index is 605. The Morgan fingerprint density at radius 1 is 1.23 bits per heavy atom. The molecule has 120 valence electrons. The number of halogens is 3. The number of hydrogen-bond donors (Lipinski definition) is 0. The summed E-state index contributed by atoms with van der Waals surface area (Å²) in [4.78, 5) is 6.06. The first-order valence-electron chi connectivity index (χ1n) is 7.19. The van der Waals surface area contributed by atoms with Crippen LogP contribution in [0, 0.1) is 6.92 Å². The molecule has 0 fully saturated rings. The van der Waals surface area contributed by atoms with Crippen molar-refractivity contribution in [3.63, 3.8) is 0 Å². The van der Waals surface area contributed by atoms with E-state index in [4.69, 9.17) is 0 Å². The molecule has 2 rings (SSSR count). The fourth-order valence-electron chi connectivity index (χ4n) is 2.46. The Morgan fingerprint density at radius 2 is 1.95 bits per heavy atom. The Kier molecular flexibility index (Phi) is 5.24. The summed E-state index contributed by atoms with van der Waals surface area (Å²) in [6.45, 7) is 3.77. The second-order valence-corrected chi connectivity index (χ2v) is 5.41. The van der Waals surface area contributed by atoms with Crippen LogP contribution in [0.1, 0.15) is 23.4 Å². The Hall–Kier alpha value is -1.82. The van der Waals surface area contributed by atoms with Gasteiger partial charge in [-0.2, -0.15) is 13.2 Å². The highest BCUT2D eigenvalue weighted by atomic mass is 19.4. The molecule has 0 spiro atoms. The molecule has 0 N–H and O–H groups in total. The van der Waals surface area contributed by atoms with E-state index in [1.807, 2.05) is 29.6 Å². The number of hydrogen-bond acceptors (Lipinski definition) is 2. The summed E-state index contributed by atoms with van der Waals surface area (Å²) < 4.78 is 40.9. The minimum atomic E-state index is -4.30. The van der Waals surface area contributed by atoms with E-state index >= 15 is 0 Å². The minimum Gasteiger partial charge on any atom is -0.335 e. The summed E-state index contributed by atoms with van der Waals surface area (Å²) in [6, 6.07) is 5.75. The van der Waals surface area contributed by atoms with Crippen LogP contribution in [0.4, 0.5) is 13.2 Å². The summed E-state index contributed by atoms with van der Waals surface area (Å²) in [5.74, 6) is 0.949. The second kappa shape index (κ2) is 6.96. The second-order valence-electron chi connectivity index (χ2n) is 5.41. The highest BCUT2D eigenvalue weighted by molar-refractivity contribution is 5.29. The molecular formula is C16H20F3N3. The lowest BCUT2D eigenvalue weighted by Crippen LogP contribution is -2.22. The SMILES string of the molecule is Cc1nccn1CCCN(C)Cc1ccccc1C(F)(F)F. The normalized spacial score (nSPS) is 12.1. The molecule has 0 saturated heterocycles. The summed E-state index contributed by atoms with van der Waals surface area (Å²) in [7, 11) is 1.84. The molecule has 0 bridgehead atoms. The van der Waals surface area contributed by atoms with Gasteiger partial charge in [0.05, 0.1) is 5.56 Å². The number of rotatable bonds is 6. The molecule has 0 aliphatic carbocycles. The smallest absolute Gasteiger partial charge is 0.335 e. The van der Waals surface area contributed by atoms with Crippen LogP contribution in [0.5, 0.6) is 0 Å². The number of alkyl halides is 3. The van der Waals surface area contributed by atoms with Gasteiger partial charge in [-0.3, -0.25) is 0 Å². The van der Waals surface area contributed by atoms with Crippen LogP contribution in [0.25, 0.3) is 0 Å². The van der Waals surface area contributed by atoms with Gasteiger partial charge in [-0.25, -0.2) is 4.98 Å². The van der Waals surface area contributed by atoms with Crippen LogP contribution in [0.3, 0.4) is 0 Å². The van der Waals surface area contributed by atoms with Gasteiger partial charge in [0.15, 0.2) is 0 Å². The number of aromatic nitrogens is 2. The van der Waals surface area contributed by atoms with Gasteiger partial charge in [0.2, 0.25) is 0 Å². The van der Waals surface area contributed by atoms with Crippen LogP contribution >= 0.6 is 0 Å². The zero-order valence-corrected chi connectivity index (χ0v) is 12.8. The molecule has 1 aromatic carbocycles. The predicted octanol–water partition coefficient (Wildman–Crippen LogP) is 3.73. The molecule has 0 atom stereocenters. The third kappa shape index (κ3) is 4.34. The number of imidazole rings is 1. The lowest BCUT2D eigenvalue weighted by Gasteiger charge is -2.20. The average molecular weight is 311 g/mol. The van der Waals surface area contributed by atoms with Crippen molar-refractivity contribution in [3.8, 4) is 0 Å². The van der Waals surface area contributed by atoms with Gasteiger partial charge in [-0.15, -0.1) is 0 Å². The van der Waals surface area contributed by atoms with Crippen molar-refractivity contribution in [2.75, 3.05) is 13.6 Å². The molecule has 0 aliphatic heterocycles. The third-order valence-corrected chi connectivity index (χ3v) is 3.63. The van der Waals surface area contributed by atoms with Gasteiger partial charge in [0.1, 0.15) is 5.82 Å². The highest BCUT2D eigenvalue weighted by Gasteiger charge is 2.32. The summed E-state index contributed by atoms with van der Waals surface area (Å²) in [6.07, 6.45) is 0.222. The molecular weight excluding hydrogens is 291 g/mol. The van der Waals surface area contributed by atoms with E-state index in [-0.39, 0.29) is 0 Å². The topological polar surface area (TPSA) is 21.1 Å². The van der Waals surface area contributed by atoms with Crippen molar-refractivity contribution in [2.45, 2.75) is 32.6 Å². The van der Waals surface area contributed by atoms with E-state index in [2.05, 4.69) is 4.98 Å². The molecule has 1 heterocycles. The van der Waals surface area contributed by atoms with Gasteiger partial charge in [-0.1, -0.05) is 18.2 Å². The Morgan fingerprint density at radius 3 is 2.59 bits per heavy atom. The van der Waals surface area contributed by atoms with Gasteiger partial charge in [0.25, 0.3) is 0 Å². The molecule has 0 radical (unpaired) electrons. The van der Waals surface area contributed by atoms with E-state index < -0.39 is 11.7 Å². The summed E-state index contributed by atoms with van der Waals surface area (Å²) in [5.41, 5.74) is -0.233. The number of benzene rings is 1.